The van der Waals surface area contributed by atoms with Gasteiger partial charge in [-0.25, -0.2) is 9.37 Å². The van der Waals surface area contributed by atoms with Crippen LogP contribution in [-0.2, 0) is 5.41 Å². The Labute approximate surface area is 101 Å². The van der Waals surface area contributed by atoms with Crippen LogP contribution in [0.15, 0.2) is 36.6 Å². The van der Waals surface area contributed by atoms with Crippen LogP contribution >= 0.6 is 0 Å². The normalized spacial score (nSPS) is 35.8. The second-order valence-corrected chi connectivity index (χ2v) is 5.23. The number of nitrogens with zero attached hydrogens (tertiary/aromatic N) is 1. The maximum atomic E-state index is 13.3. The molecule has 1 saturated carbocycles. The fraction of sp³-hybridized carbons (Fsp3) is 0.500. The first-order valence-corrected chi connectivity index (χ1v) is 6.28. The van der Waals surface area contributed by atoms with E-state index in [1.165, 1.54) is 0 Å². The minimum atomic E-state index is -0.0832. The summed E-state index contributed by atoms with van der Waals surface area (Å²) >= 11 is 0. The molecule has 0 amide bonds. The van der Waals surface area contributed by atoms with E-state index in [2.05, 4.69) is 16.9 Å². The lowest BCUT2D eigenvalue weighted by Crippen LogP contribution is -2.22. The molecule has 0 saturated heterocycles. The number of fused-ring (bicyclic) bond motifs is 1. The molecule has 0 bridgehead atoms. The number of rotatable bonds is 2. The summed E-state index contributed by atoms with van der Waals surface area (Å²) in [5.41, 5.74) is 1.26. The van der Waals surface area contributed by atoms with Crippen molar-refractivity contribution in [3.63, 3.8) is 0 Å². The molecule has 1 aromatic heterocycles. The van der Waals surface area contributed by atoms with Crippen LogP contribution in [0.25, 0.3) is 0 Å². The Morgan fingerprint density at radius 1 is 1.47 bits per heavy atom. The molecule has 1 heterocycles. The van der Waals surface area contributed by atoms with Gasteiger partial charge in [-0.05, 0) is 43.3 Å². The SMILES string of the molecule is CCC1(c2c[nH]cn2)CC2C=CC(F)=CC2C1. The molecule has 1 N–H and O–H groups in total. The van der Waals surface area contributed by atoms with Crippen LogP contribution in [0.3, 0.4) is 0 Å². The molecule has 0 aromatic carbocycles. The van der Waals surface area contributed by atoms with Gasteiger partial charge in [0.1, 0.15) is 5.83 Å². The zero-order chi connectivity index (χ0) is 11.9. The molecule has 1 aromatic rings. The predicted molar refractivity (Wildman–Crippen MR) is 65.1 cm³/mol. The van der Waals surface area contributed by atoms with E-state index in [-0.39, 0.29) is 11.2 Å². The van der Waals surface area contributed by atoms with Crippen molar-refractivity contribution in [2.75, 3.05) is 0 Å². The molecule has 3 heteroatoms. The zero-order valence-electron chi connectivity index (χ0n) is 9.99. The second kappa shape index (κ2) is 3.83. The summed E-state index contributed by atoms with van der Waals surface area (Å²) in [6.45, 7) is 2.20. The van der Waals surface area contributed by atoms with Gasteiger partial charge >= 0.3 is 0 Å². The van der Waals surface area contributed by atoms with Crippen LogP contribution in [0.5, 0.6) is 0 Å². The van der Waals surface area contributed by atoms with Crippen LogP contribution in [-0.4, -0.2) is 9.97 Å². The van der Waals surface area contributed by atoms with Gasteiger partial charge in [-0.15, -0.1) is 0 Å². The lowest BCUT2D eigenvalue weighted by Gasteiger charge is -2.25. The highest BCUT2D eigenvalue weighted by atomic mass is 19.1. The monoisotopic (exact) mass is 232 g/mol. The number of hydrogen-bond acceptors (Lipinski definition) is 1. The molecule has 0 spiro atoms. The summed E-state index contributed by atoms with van der Waals surface area (Å²) < 4.78 is 13.3. The number of halogens is 1. The molecule has 17 heavy (non-hydrogen) atoms. The molecule has 3 unspecified atom stereocenters. The molecule has 2 aliphatic carbocycles. The van der Waals surface area contributed by atoms with E-state index in [1.54, 1.807) is 18.5 Å². The van der Waals surface area contributed by atoms with Crippen molar-refractivity contribution in [3.05, 3.63) is 42.3 Å². The smallest absolute Gasteiger partial charge is 0.119 e. The van der Waals surface area contributed by atoms with Crippen LogP contribution < -0.4 is 0 Å². The molecule has 0 radical (unpaired) electrons. The minimum Gasteiger partial charge on any atom is -0.351 e. The number of aromatic nitrogens is 2. The Bertz CT molecular complexity index is 461. The van der Waals surface area contributed by atoms with E-state index < -0.39 is 0 Å². The van der Waals surface area contributed by atoms with E-state index in [4.69, 9.17) is 0 Å². The van der Waals surface area contributed by atoms with Gasteiger partial charge in [0.2, 0.25) is 0 Å². The third-order valence-corrected chi connectivity index (χ3v) is 4.40. The third-order valence-electron chi connectivity index (χ3n) is 4.40. The molecular formula is C14H17FN2. The van der Waals surface area contributed by atoms with E-state index in [0.29, 0.717) is 11.8 Å². The Kier molecular flexibility index (Phi) is 2.42. The van der Waals surface area contributed by atoms with Crippen LogP contribution in [0.4, 0.5) is 4.39 Å². The van der Waals surface area contributed by atoms with Gasteiger partial charge in [-0.3, -0.25) is 0 Å². The van der Waals surface area contributed by atoms with Crippen molar-refractivity contribution < 1.29 is 4.39 Å². The molecular weight excluding hydrogens is 215 g/mol. The van der Waals surface area contributed by atoms with Gasteiger partial charge < -0.3 is 4.98 Å². The summed E-state index contributed by atoms with van der Waals surface area (Å²) in [6.07, 6.45) is 12.3. The highest BCUT2D eigenvalue weighted by molar-refractivity contribution is 5.28. The van der Waals surface area contributed by atoms with Crippen molar-refractivity contribution in [3.8, 4) is 0 Å². The average Bonchev–Trinajstić information content (AvgIpc) is 2.95. The zero-order valence-corrected chi connectivity index (χ0v) is 9.99. The number of imidazole rings is 1. The summed E-state index contributed by atoms with van der Waals surface area (Å²) in [5, 5.41) is 0. The highest BCUT2D eigenvalue weighted by Crippen LogP contribution is 2.51. The van der Waals surface area contributed by atoms with Gasteiger partial charge in [0.15, 0.2) is 0 Å². The fourth-order valence-electron chi connectivity index (χ4n) is 3.39. The summed E-state index contributed by atoms with van der Waals surface area (Å²) in [6, 6.07) is 0. The minimum absolute atomic E-state index is 0.0832. The second-order valence-electron chi connectivity index (χ2n) is 5.23. The van der Waals surface area contributed by atoms with E-state index in [9.17, 15) is 4.39 Å². The maximum Gasteiger partial charge on any atom is 0.119 e. The maximum absolute atomic E-state index is 13.3. The lowest BCUT2D eigenvalue weighted by molar-refractivity contribution is 0.401. The van der Waals surface area contributed by atoms with Crippen LogP contribution in [0, 0.1) is 11.8 Å². The first kappa shape index (κ1) is 10.8. The highest BCUT2D eigenvalue weighted by Gasteiger charge is 2.45. The van der Waals surface area contributed by atoms with Crippen molar-refractivity contribution in [2.45, 2.75) is 31.6 Å². The first-order valence-electron chi connectivity index (χ1n) is 6.28. The Balaban J connectivity index is 1.93. The molecule has 3 rings (SSSR count). The van der Waals surface area contributed by atoms with E-state index >= 15 is 0 Å². The summed E-state index contributed by atoms with van der Waals surface area (Å²) in [5.74, 6) is 0.739. The number of hydrogen-bond donors (Lipinski definition) is 1. The fourth-order valence-corrected chi connectivity index (χ4v) is 3.39. The van der Waals surface area contributed by atoms with Gasteiger partial charge in [0, 0.05) is 11.6 Å². The Hall–Kier alpha value is -1.38. The van der Waals surface area contributed by atoms with Gasteiger partial charge in [0.25, 0.3) is 0 Å². The Morgan fingerprint density at radius 2 is 2.29 bits per heavy atom. The van der Waals surface area contributed by atoms with Gasteiger partial charge in [0.05, 0.1) is 12.0 Å². The average molecular weight is 232 g/mol. The molecule has 2 aliphatic rings. The van der Waals surface area contributed by atoms with Gasteiger partial charge in [-0.2, -0.15) is 0 Å². The molecule has 1 fully saturated rings. The third kappa shape index (κ3) is 1.65. The van der Waals surface area contributed by atoms with E-state index in [0.717, 1.165) is 25.0 Å². The topological polar surface area (TPSA) is 28.7 Å². The number of aromatic amines is 1. The first-order chi connectivity index (χ1) is 8.23. The standard InChI is InChI=1S/C14H17FN2/c1-2-14(13-8-16-9-17-13)6-10-3-4-12(15)5-11(10)7-14/h3-5,8-11H,2,6-7H2,1H3,(H,16,17). The number of H-pyrrole nitrogens is 1. The van der Waals surface area contributed by atoms with Crippen molar-refractivity contribution in [2.24, 2.45) is 11.8 Å². The van der Waals surface area contributed by atoms with Crippen molar-refractivity contribution >= 4 is 0 Å². The number of allylic oxidation sites excluding steroid dienone is 4. The molecule has 2 nitrogen and oxygen atoms in total. The molecule has 90 valence electrons. The summed E-state index contributed by atoms with van der Waals surface area (Å²) in [4.78, 5) is 7.46. The summed E-state index contributed by atoms with van der Waals surface area (Å²) in [7, 11) is 0. The lowest BCUT2D eigenvalue weighted by atomic mass is 9.79. The van der Waals surface area contributed by atoms with Crippen LogP contribution in [0.2, 0.25) is 0 Å². The quantitative estimate of drug-likeness (QED) is 0.830. The predicted octanol–water partition coefficient (Wildman–Crippen LogP) is 3.51. The van der Waals surface area contributed by atoms with Crippen LogP contribution in [0.1, 0.15) is 31.9 Å². The largest absolute Gasteiger partial charge is 0.351 e. The Morgan fingerprint density at radius 3 is 3.00 bits per heavy atom. The van der Waals surface area contributed by atoms with Gasteiger partial charge in [-0.1, -0.05) is 13.0 Å². The number of nitrogens with one attached hydrogen (secondary N) is 1. The molecule has 3 atom stereocenters. The van der Waals surface area contributed by atoms with E-state index in [1.807, 2.05) is 12.3 Å². The van der Waals surface area contributed by atoms with Crippen molar-refractivity contribution in [1.82, 2.24) is 9.97 Å². The molecule has 0 aliphatic heterocycles. The van der Waals surface area contributed by atoms with Crippen molar-refractivity contribution in [1.29, 1.82) is 0 Å².